The molecule has 0 aliphatic rings. The molecule has 0 aliphatic heterocycles. The van der Waals surface area contributed by atoms with Crippen LogP contribution in [0.3, 0.4) is 0 Å². The highest BCUT2D eigenvalue weighted by Gasteiger charge is 2.13. The molecule has 0 bridgehead atoms. The van der Waals surface area contributed by atoms with Crippen LogP contribution in [0.25, 0.3) is 0 Å². The summed E-state index contributed by atoms with van der Waals surface area (Å²) in [5.41, 5.74) is 2.74. The fourth-order valence-electron chi connectivity index (χ4n) is 2.89. The lowest BCUT2D eigenvalue weighted by Crippen LogP contribution is -2.14. The number of carbonyl (C=O) groups is 4. The first-order chi connectivity index (χ1) is 14.2. The monoisotopic (exact) mass is 412 g/mol. The van der Waals surface area contributed by atoms with E-state index in [0.29, 0.717) is 35.3 Å². The molecular weight excluding hydrogens is 388 g/mol. The Morgan fingerprint density at radius 1 is 0.733 bits per heavy atom. The number of hydrogen-bond donors (Lipinski definition) is 4. The summed E-state index contributed by atoms with van der Waals surface area (Å²) in [6.45, 7) is 3.45. The van der Waals surface area contributed by atoms with Gasteiger partial charge in [-0.3, -0.25) is 9.59 Å². The number of carboxylic acids is 2. The third kappa shape index (κ3) is 6.16. The lowest BCUT2D eigenvalue weighted by molar-refractivity contribution is -0.118. The second-order valence-corrected chi connectivity index (χ2v) is 6.90. The van der Waals surface area contributed by atoms with Crippen molar-refractivity contribution in [2.75, 3.05) is 10.6 Å². The minimum absolute atomic E-state index is 0.141. The van der Waals surface area contributed by atoms with Crippen molar-refractivity contribution in [1.82, 2.24) is 0 Å². The fourth-order valence-corrected chi connectivity index (χ4v) is 2.89. The molecule has 0 spiro atoms. The van der Waals surface area contributed by atoms with Gasteiger partial charge in [0, 0.05) is 24.2 Å². The summed E-state index contributed by atoms with van der Waals surface area (Å²) < 4.78 is 0. The minimum Gasteiger partial charge on any atom is -0.478 e. The number of aromatic carboxylic acids is 2. The van der Waals surface area contributed by atoms with Gasteiger partial charge in [-0.2, -0.15) is 0 Å². The van der Waals surface area contributed by atoms with Gasteiger partial charge in [0.25, 0.3) is 0 Å². The van der Waals surface area contributed by atoms with Gasteiger partial charge in [-0.05, 0) is 74.2 Å². The average Bonchev–Trinajstić information content (AvgIpc) is 2.69. The molecule has 0 saturated heterocycles. The van der Waals surface area contributed by atoms with Crippen LogP contribution < -0.4 is 10.6 Å². The maximum absolute atomic E-state index is 12.1. The Hall–Kier alpha value is -3.68. The van der Waals surface area contributed by atoms with E-state index < -0.39 is 11.9 Å². The average molecular weight is 412 g/mol. The molecule has 30 heavy (non-hydrogen) atoms. The maximum atomic E-state index is 12.1. The summed E-state index contributed by atoms with van der Waals surface area (Å²) in [5.74, 6) is -2.46. The Labute approximate surface area is 173 Å². The lowest BCUT2D eigenvalue weighted by Gasteiger charge is -2.12. The zero-order valence-corrected chi connectivity index (χ0v) is 16.8. The van der Waals surface area contributed by atoms with Crippen LogP contribution in [0.5, 0.6) is 0 Å². The van der Waals surface area contributed by atoms with Crippen molar-refractivity contribution in [3.63, 3.8) is 0 Å². The summed E-state index contributed by atoms with van der Waals surface area (Å²) in [6, 6.07) is 8.91. The molecule has 4 N–H and O–H groups in total. The molecule has 8 heteroatoms. The molecule has 0 aliphatic carbocycles. The van der Waals surface area contributed by atoms with E-state index in [4.69, 9.17) is 10.2 Å². The van der Waals surface area contributed by atoms with Gasteiger partial charge in [-0.25, -0.2) is 9.59 Å². The van der Waals surface area contributed by atoms with Crippen LogP contribution in [0.4, 0.5) is 11.4 Å². The lowest BCUT2D eigenvalue weighted by atomic mass is 10.0. The third-order valence-corrected chi connectivity index (χ3v) is 4.76. The summed E-state index contributed by atoms with van der Waals surface area (Å²) in [4.78, 5) is 46.1. The number of unbranched alkanes of at least 4 members (excludes halogenated alkanes) is 1. The number of carboxylic acid groups (broad SMARTS) is 2. The molecule has 8 nitrogen and oxygen atoms in total. The van der Waals surface area contributed by atoms with Gasteiger partial charge in [0.1, 0.15) is 0 Å². The Balaban J connectivity index is 1.75. The second-order valence-electron chi connectivity index (χ2n) is 6.90. The van der Waals surface area contributed by atoms with E-state index in [0.717, 1.165) is 0 Å². The summed E-state index contributed by atoms with van der Waals surface area (Å²) in [7, 11) is 0. The van der Waals surface area contributed by atoms with Crippen LogP contribution >= 0.6 is 0 Å². The zero-order chi connectivity index (χ0) is 22.3. The number of rotatable bonds is 9. The topological polar surface area (TPSA) is 133 Å². The van der Waals surface area contributed by atoms with Crippen molar-refractivity contribution in [3.8, 4) is 0 Å². The number of hydrogen-bond acceptors (Lipinski definition) is 4. The van der Waals surface area contributed by atoms with Crippen molar-refractivity contribution in [3.05, 3.63) is 58.7 Å². The Morgan fingerprint density at radius 2 is 1.30 bits per heavy atom. The third-order valence-electron chi connectivity index (χ3n) is 4.76. The van der Waals surface area contributed by atoms with Crippen LogP contribution in [0, 0.1) is 13.8 Å². The van der Waals surface area contributed by atoms with Crippen LogP contribution in [0.15, 0.2) is 36.4 Å². The molecule has 0 heterocycles. The quantitative estimate of drug-likeness (QED) is 0.463. The van der Waals surface area contributed by atoms with E-state index in [9.17, 15) is 19.2 Å². The van der Waals surface area contributed by atoms with Crippen molar-refractivity contribution in [2.24, 2.45) is 0 Å². The van der Waals surface area contributed by atoms with Crippen LogP contribution in [0.1, 0.15) is 57.5 Å². The number of amides is 2. The number of anilines is 2. The first-order valence-electron chi connectivity index (χ1n) is 9.45. The van der Waals surface area contributed by atoms with Crippen molar-refractivity contribution >= 4 is 35.1 Å². The normalized spacial score (nSPS) is 10.3. The maximum Gasteiger partial charge on any atom is 0.335 e. The number of carbonyl (C=O) groups excluding carboxylic acids is 2. The van der Waals surface area contributed by atoms with E-state index in [1.807, 2.05) is 0 Å². The predicted molar refractivity (Wildman–Crippen MR) is 112 cm³/mol. The van der Waals surface area contributed by atoms with Gasteiger partial charge in [0.05, 0.1) is 11.1 Å². The first kappa shape index (κ1) is 22.6. The van der Waals surface area contributed by atoms with Crippen molar-refractivity contribution in [1.29, 1.82) is 0 Å². The minimum atomic E-state index is -1.03. The molecule has 0 aromatic heterocycles. The summed E-state index contributed by atoms with van der Waals surface area (Å²) in [6.07, 6.45) is 1.50. The van der Waals surface area contributed by atoms with E-state index in [2.05, 4.69) is 10.6 Å². The summed E-state index contributed by atoms with van der Waals surface area (Å²) in [5, 5.41) is 23.5. The van der Waals surface area contributed by atoms with Crippen molar-refractivity contribution in [2.45, 2.75) is 39.5 Å². The largest absolute Gasteiger partial charge is 0.478 e. The smallest absolute Gasteiger partial charge is 0.335 e. The van der Waals surface area contributed by atoms with Crippen LogP contribution in [-0.4, -0.2) is 34.0 Å². The van der Waals surface area contributed by atoms with Gasteiger partial charge in [-0.1, -0.05) is 0 Å². The SMILES string of the molecule is Cc1c(NC(=O)CCCCC(=O)Nc2ccc(C(=O)O)cc2)ccc(C(=O)O)c1C. The van der Waals surface area contributed by atoms with Crippen molar-refractivity contribution < 1.29 is 29.4 Å². The Morgan fingerprint density at radius 3 is 1.83 bits per heavy atom. The van der Waals surface area contributed by atoms with Gasteiger partial charge in [0.2, 0.25) is 11.8 Å². The van der Waals surface area contributed by atoms with Crippen LogP contribution in [0.2, 0.25) is 0 Å². The van der Waals surface area contributed by atoms with Gasteiger partial charge in [0.15, 0.2) is 0 Å². The van der Waals surface area contributed by atoms with Gasteiger partial charge >= 0.3 is 11.9 Å². The molecule has 2 amide bonds. The molecular formula is C22H24N2O6. The van der Waals surface area contributed by atoms with E-state index >= 15 is 0 Å². The molecule has 0 atom stereocenters. The predicted octanol–water partition coefficient (Wildman–Crippen LogP) is 3.84. The molecule has 0 saturated carbocycles. The molecule has 2 aromatic rings. The first-order valence-corrected chi connectivity index (χ1v) is 9.45. The molecule has 0 radical (unpaired) electrons. The standard InChI is InChI=1S/C22H24N2O6/c1-13-14(2)18(12-11-17(13)22(29)30)24-20(26)6-4-3-5-19(25)23-16-9-7-15(8-10-16)21(27)28/h7-12H,3-6H2,1-2H3,(H,23,25)(H,24,26)(H,27,28)(H,29,30). The Bertz CT molecular complexity index is 966. The summed E-state index contributed by atoms with van der Waals surface area (Å²) >= 11 is 0. The van der Waals surface area contributed by atoms with Crippen LogP contribution in [-0.2, 0) is 9.59 Å². The fraction of sp³-hybridized carbons (Fsp3) is 0.273. The molecule has 2 aromatic carbocycles. The second kappa shape index (κ2) is 10.2. The number of benzene rings is 2. The molecule has 0 unspecified atom stereocenters. The molecule has 158 valence electrons. The number of nitrogens with one attached hydrogen (secondary N) is 2. The van der Waals surface area contributed by atoms with Gasteiger partial charge < -0.3 is 20.8 Å². The van der Waals surface area contributed by atoms with E-state index in [1.54, 1.807) is 19.9 Å². The molecule has 0 fully saturated rings. The van der Waals surface area contributed by atoms with E-state index in [1.165, 1.54) is 30.3 Å². The highest BCUT2D eigenvalue weighted by Crippen LogP contribution is 2.22. The van der Waals surface area contributed by atoms with Gasteiger partial charge in [-0.15, -0.1) is 0 Å². The molecule has 2 rings (SSSR count). The van der Waals surface area contributed by atoms with E-state index in [-0.39, 0.29) is 35.8 Å². The highest BCUT2D eigenvalue weighted by molar-refractivity contribution is 5.95. The Kier molecular flexibility index (Phi) is 7.69. The zero-order valence-electron chi connectivity index (χ0n) is 16.8. The highest BCUT2D eigenvalue weighted by atomic mass is 16.4.